The van der Waals surface area contributed by atoms with Gasteiger partial charge in [-0.05, 0) is 18.2 Å². The molecule has 0 saturated heterocycles. The zero-order chi connectivity index (χ0) is 18.4. The SMILES string of the molecule is CN(CC#N)S(=O)(=O)c1ccc2[nH]c(=O)c3[nH]cc(C(=O)O)c3c2c1. The van der Waals surface area contributed by atoms with Gasteiger partial charge in [-0.1, -0.05) is 0 Å². The molecule has 0 aliphatic rings. The van der Waals surface area contributed by atoms with Gasteiger partial charge >= 0.3 is 5.97 Å². The van der Waals surface area contributed by atoms with Crippen molar-refractivity contribution < 1.29 is 18.3 Å². The number of nitriles is 1. The molecular formula is C15H12N4O5S. The maximum atomic E-state index is 12.5. The second-order valence-corrected chi connectivity index (χ2v) is 7.38. The van der Waals surface area contributed by atoms with Crippen molar-refractivity contribution in [3.63, 3.8) is 0 Å². The molecule has 0 aliphatic carbocycles. The molecule has 2 aromatic heterocycles. The predicted molar refractivity (Wildman–Crippen MR) is 88.8 cm³/mol. The molecule has 3 aromatic rings. The van der Waals surface area contributed by atoms with E-state index < -0.39 is 21.6 Å². The number of hydrogen-bond acceptors (Lipinski definition) is 5. The molecule has 128 valence electrons. The van der Waals surface area contributed by atoms with Crippen molar-refractivity contribution in [3.8, 4) is 6.07 Å². The van der Waals surface area contributed by atoms with E-state index in [0.717, 1.165) is 4.31 Å². The molecule has 3 rings (SSSR count). The summed E-state index contributed by atoms with van der Waals surface area (Å²) in [5.74, 6) is -1.24. The Hall–Kier alpha value is -3.16. The molecule has 0 atom stereocenters. The van der Waals surface area contributed by atoms with Crippen molar-refractivity contribution in [2.24, 2.45) is 0 Å². The summed E-state index contributed by atoms with van der Waals surface area (Å²) >= 11 is 0. The van der Waals surface area contributed by atoms with Crippen LogP contribution in [0.2, 0.25) is 0 Å². The third-order valence-corrected chi connectivity index (χ3v) is 5.65. The van der Waals surface area contributed by atoms with Crippen molar-refractivity contribution in [1.29, 1.82) is 5.26 Å². The number of carboxylic acids is 1. The highest BCUT2D eigenvalue weighted by molar-refractivity contribution is 7.89. The van der Waals surface area contributed by atoms with Crippen LogP contribution in [0.5, 0.6) is 0 Å². The lowest BCUT2D eigenvalue weighted by molar-refractivity contribution is 0.0699. The van der Waals surface area contributed by atoms with Crippen LogP contribution in [-0.4, -0.2) is 47.4 Å². The predicted octanol–water partition coefficient (Wildman–Crippen LogP) is 0.852. The minimum absolute atomic E-state index is 0.0461. The van der Waals surface area contributed by atoms with Crippen molar-refractivity contribution in [2.75, 3.05) is 13.6 Å². The van der Waals surface area contributed by atoms with E-state index in [9.17, 15) is 23.1 Å². The van der Waals surface area contributed by atoms with Gasteiger partial charge in [-0.2, -0.15) is 9.57 Å². The normalized spacial score (nSPS) is 11.9. The summed E-state index contributed by atoms with van der Waals surface area (Å²) in [6, 6.07) is 5.73. The topological polar surface area (TPSA) is 147 Å². The van der Waals surface area contributed by atoms with E-state index in [0.29, 0.717) is 5.52 Å². The first kappa shape index (κ1) is 16.7. The highest BCUT2D eigenvalue weighted by atomic mass is 32.2. The molecule has 10 heteroatoms. The fraction of sp³-hybridized carbons (Fsp3) is 0.133. The fourth-order valence-electron chi connectivity index (χ4n) is 2.60. The number of benzene rings is 1. The van der Waals surface area contributed by atoms with Gasteiger partial charge in [0, 0.05) is 29.5 Å². The second kappa shape index (κ2) is 5.73. The second-order valence-electron chi connectivity index (χ2n) is 5.34. The van der Waals surface area contributed by atoms with E-state index in [2.05, 4.69) is 9.97 Å². The molecule has 0 radical (unpaired) electrons. The number of H-pyrrole nitrogens is 2. The molecule has 0 bridgehead atoms. The van der Waals surface area contributed by atoms with Gasteiger partial charge in [0.2, 0.25) is 10.0 Å². The van der Waals surface area contributed by atoms with E-state index in [-0.39, 0.29) is 33.3 Å². The van der Waals surface area contributed by atoms with Crippen LogP contribution in [-0.2, 0) is 10.0 Å². The van der Waals surface area contributed by atoms with Gasteiger partial charge in [0.15, 0.2) is 0 Å². The van der Waals surface area contributed by atoms with Gasteiger partial charge in [-0.25, -0.2) is 13.2 Å². The lowest BCUT2D eigenvalue weighted by atomic mass is 10.1. The lowest BCUT2D eigenvalue weighted by Gasteiger charge is -2.14. The van der Waals surface area contributed by atoms with Gasteiger partial charge in [0.1, 0.15) is 12.1 Å². The minimum Gasteiger partial charge on any atom is -0.478 e. The standard InChI is InChI=1S/C15H12N4O5S/c1-19(5-4-16)25(23,24)8-2-3-11-9(6-8)12-10(15(21)22)7-17-13(12)14(20)18-11/h2-3,6-7,17H,5H2,1H3,(H,18,20)(H,21,22). The number of sulfonamides is 1. The van der Waals surface area contributed by atoms with E-state index in [1.54, 1.807) is 6.07 Å². The zero-order valence-corrected chi connectivity index (χ0v) is 13.7. The smallest absolute Gasteiger partial charge is 0.337 e. The summed E-state index contributed by atoms with van der Waals surface area (Å²) in [7, 11) is -2.66. The number of carbonyl (C=O) groups is 1. The Morgan fingerprint density at radius 1 is 1.40 bits per heavy atom. The minimum atomic E-state index is -3.93. The molecular weight excluding hydrogens is 348 g/mol. The first-order chi connectivity index (χ1) is 11.8. The first-order valence-corrected chi connectivity index (χ1v) is 8.45. The van der Waals surface area contributed by atoms with Crippen LogP contribution in [0.1, 0.15) is 10.4 Å². The van der Waals surface area contributed by atoms with Crippen LogP contribution < -0.4 is 5.56 Å². The van der Waals surface area contributed by atoms with Gasteiger partial charge < -0.3 is 15.1 Å². The summed E-state index contributed by atoms with van der Waals surface area (Å²) in [5, 5.41) is 18.4. The van der Waals surface area contributed by atoms with Crippen molar-refractivity contribution in [1.82, 2.24) is 14.3 Å². The summed E-state index contributed by atoms with van der Waals surface area (Å²) in [6.07, 6.45) is 1.19. The Morgan fingerprint density at radius 3 is 2.76 bits per heavy atom. The molecule has 0 fully saturated rings. The van der Waals surface area contributed by atoms with Crippen LogP contribution in [0.25, 0.3) is 21.8 Å². The summed E-state index contributed by atoms with van der Waals surface area (Å²) < 4.78 is 25.9. The average Bonchev–Trinajstić information content (AvgIpc) is 3.01. The van der Waals surface area contributed by atoms with Crippen molar-refractivity contribution >= 4 is 37.8 Å². The molecule has 0 unspecified atom stereocenters. The Balaban J connectivity index is 2.38. The molecule has 0 saturated carbocycles. The number of aromatic nitrogens is 2. The van der Waals surface area contributed by atoms with Crippen molar-refractivity contribution in [2.45, 2.75) is 4.90 Å². The summed E-state index contributed by atoms with van der Waals surface area (Å²) in [5.41, 5.74) is -0.287. The quantitative estimate of drug-likeness (QED) is 0.588. The summed E-state index contributed by atoms with van der Waals surface area (Å²) in [6.45, 7) is -0.327. The molecule has 1 aromatic carbocycles. The third-order valence-electron chi connectivity index (χ3n) is 3.85. The molecule has 2 heterocycles. The third kappa shape index (κ3) is 2.55. The number of aromatic carboxylic acids is 1. The number of nitrogens with one attached hydrogen (secondary N) is 2. The monoisotopic (exact) mass is 360 g/mol. The molecule has 0 amide bonds. The Labute approximate surface area is 141 Å². The van der Waals surface area contributed by atoms with Crippen LogP contribution in [0.3, 0.4) is 0 Å². The largest absolute Gasteiger partial charge is 0.478 e. The van der Waals surface area contributed by atoms with Gasteiger partial charge in [-0.3, -0.25) is 4.79 Å². The number of aromatic amines is 2. The average molecular weight is 360 g/mol. The number of carboxylic acid groups (broad SMARTS) is 1. The number of nitrogens with zero attached hydrogens (tertiary/aromatic N) is 2. The van der Waals surface area contributed by atoms with E-state index in [4.69, 9.17) is 5.26 Å². The van der Waals surface area contributed by atoms with Crippen molar-refractivity contribution in [3.05, 3.63) is 40.3 Å². The first-order valence-electron chi connectivity index (χ1n) is 7.01. The summed E-state index contributed by atoms with van der Waals surface area (Å²) in [4.78, 5) is 28.5. The fourth-order valence-corrected chi connectivity index (χ4v) is 3.69. The van der Waals surface area contributed by atoms with Crippen LogP contribution >= 0.6 is 0 Å². The number of rotatable bonds is 4. The zero-order valence-electron chi connectivity index (χ0n) is 12.9. The van der Waals surface area contributed by atoms with Crippen LogP contribution in [0, 0.1) is 11.3 Å². The number of hydrogen-bond donors (Lipinski definition) is 3. The Morgan fingerprint density at radius 2 is 2.12 bits per heavy atom. The molecule has 9 nitrogen and oxygen atoms in total. The van der Waals surface area contributed by atoms with Crippen LogP contribution in [0.15, 0.2) is 34.1 Å². The molecule has 0 spiro atoms. The van der Waals surface area contributed by atoms with E-state index >= 15 is 0 Å². The van der Waals surface area contributed by atoms with E-state index in [1.165, 1.54) is 31.4 Å². The highest BCUT2D eigenvalue weighted by Crippen LogP contribution is 2.27. The molecule has 0 aliphatic heterocycles. The van der Waals surface area contributed by atoms with E-state index in [1.807, 2.05) is 0 Å². The Bertz CT molecular complexity index is 1220. The number of fused-ring (bicyclic) bond motifs is 3. The Kier molecular flexibility index (Phi) is 3.82. The molecule has 25 heavy (non-hydrogen) atoms. The van der Waals surface area contributed by atoms with Crippen LogP contribution in [0.4, 0.5) is 0 Å². The van der Waals surface area contributed by atoms with Gasteiger partial charge in [-0.15, -0.1) is 0 Å². The van der Waals surface area contributed by atoms with Gasteiger partial charge in [0.05, 0.1) is 16.5 Å². The maximum Gasteiger partial charge on any atom is 0.337 e. The maximum absolute atomic E-state index is 12.5. The van der Waals surface area contributed by atoms with Gasteiger partial charge in [0.25, 0.3) is 5.56 Å². The highest BCUT2D eigenvalue weighted by Gasteiger charge is 2.23. The number of pyridine rings is 1. The lowest BCUT2D eigenvalue weighted by Crippen LogP contribution is -2.27. The molecule has 3 N–H and O–H groups in total.